The molecular formula is C18H16ClNO3S. The summed E-state index contributed by atoms with van der Waals surface area (Å²) in [5, 5.41) is 10.0. The standard InChI is InChI=1S/C18H16ClNO3S/c1-3-23-18(21)13(11-20)12-7-6-10-16(17(12)22-2)24-15-9-5-4-8-14(15)19/h4-10,13H,3H2,1-2H3. The molecule has 2 aromatic carbocycles. The van der Waals surface area contributed by atoms with Gasteiger partial charge in [0.05, 0.1) is 29.7 Å². The fourth-order valence-corrected chi connectivity index (χ4v) is 3.42. The van der Waals surface area contributed by atoms with Crippen LogP contribution in [-0.4, -0.2) is 19.7 Å². The summed E-state index contributed by atoms with van der Waals surface area (Å²) in [6.45, 7) is 1.92. The molecule has 0 heterocycles. The lowest BCUT2D eigenvalue weighted by atomic mass is 10.00. The highest BCUT2D eigenvalue weighted by atomic mass is 35.5. The molecule has 124 valence electrons. The van der Waals surface area contributed by atoms with E-state index < -0.39 is 11.9 Å². The Hall–Kier alpha value is -2.16. The molecule has 0 bridgehead atoms. The molecule has 24 heavy (non-hydrogen) atoms. The van der Waals surface area contributed by atoms with Gasteiger partial charge in [-0.3, -0.25) is 4.79 Å². The quantitative estimate of drug-likeness (QED) is 0.700. The van der Waals surface area contributed by atoms with Crippen LogP contribution in [0, 0.1) is 11.3 Å². The van der Waals surface area contributed by atoms with Gasteiger partial charge in [0.2, 0.25) is 0 Å². The van der Waals surface area contributed by atoms with Gasteiger partial charge in [0, 0.05) is 10.5 Å². The molecule has 0 aromatic heterocycles. The van der Waals surface area contributed by atoms with E-state index in [4.69, 9.17) is 21.1 Å². The van der Waals surface area contributed by atoms with Crippen LogP contribution < -0.4 is 4.74 Å². The second-order valence-corrected chi connectivity index (χ2v) is 6.22. The van der Waals surface area contributed by atoms with Gasteiger partial charge in [-0.25, -0.2) is 0 Å². The summed E-state index contributed by atoms with van der Waals surface area (Å²) in [5.41, 5.74) is 0.482. The first-order valence-corrected chi connectivity index (χ1v) is 8.47. The minimum atomic E-state index is -1.04. The molecule has 1 atom stereocenters. The number of rotatable bonds is 6. The van der Waals surface area contributed by atoms with Gasteiger partial charge in [-0.05, 0) is 25.1 Å². The van der Waals surface area contributed by atoms with Gasteiger partial charge in [-0.2, -0.15) is 5.26 Å². The van der Waals surface area contributed by atoms with Gasteiger partial charge in [0.1, 0.15) is 5.75 Å². The lowest BCUT2D eigenvalue weighted by molar-refractivity contribution is -0.143. The third-order valence-electron chi connectivity index (χ3n) is 3.23. The van der Waals surface area contributed by atoms with Crippen LogP contribution in [0.25, 0.3) is 0 Å². The largest absolute Gasteiger partial charge is 0.495 e. The molecule has 0 aliphatic carbocycles. The van der Waals surface area contributed by atoms with Gasteiger partial charge in [-0.15, -0.1) is 0 Å². The Morgan fingerprint density at radius 1 is 1.25 bits per heavy atom. The number of nitrogens with zero attached hydrogens (tertiary/aromatic N) is 1. The van der Waals surface area contributed by atoms with Crippen molar-refractivity contribution in [3.05, 3.63) is 53.1 Å². The number of hydrogen-bond donors (Lipinski definition) is 0. The summed E-state index contributed by atoms with van der Waals surface area (Å²) in [5.74, 6) is -1.15. The highest BCUT2D eigenvalue weighted by Gasteiger charge is 2.26. The van der Waals surface area contributed by atoms with Gasteiger partial charge in [-0.1, -0.05) is 47.6 Å². The monoisotopic (exact) mass is 361 g/mol. The summed E-state index contributed by atoms with van der Waals surface area (Å²) in [4.78, 5) is 13.7. The van der Waals surface area contributed by atoms with Crippen molar-refractivity contribution in [3.8, 4) is 11.8 Å². The van der Waals surface area contributed by atoms with E-state index in [1.165, 1.54) is 18.9 Å². The van der Waals surface area contributed by atoms with Crippen molar-refractivity contribution in [2.75, 3.05) is 13.7 Å². The first kappa shape index (κ1) is 18.2. The number of nitriles is 1. The van der Waals surface area contributed by atoms with Crippen molar-refractivity contribution < 1.29 is 14.3 Å². The van der Waals surface area contributed by atoms with Gasteiger partial charge < -0.3 is 9.47 Å². The molecule has 0 aliphatic rings. The average molecular weight is 362 g/mol. The van der Waals surface area contributed by atoms with E-state index >= 15 is 0 Å². The highest BCUT2D eigenvalue weighted by molar-refractivity contribution is 7.99. The third kappa shape index (κ3) is 4.02. The maximum Gasteiger partial charge on any atom is 0.328 e. The maximum atomic E-state index is 12.0. The predicted octanol–water partition coefficient (Wildman–Crippen LogP) is 4.67. The van der Waals surface area contributed by atoms with Crippen LogP contribution in [0.1, 0.15) is 18.4 Å². The molecule has 0 saturated heterocycles. The molecule has 1 unspecified atom stereocenters. The molecule has 0 amide bonds. The number of carbonyl (C=O) groups excluding carboxylic acids is 1. The van der Waals surface area contributed by atoms with E-state index in [0.717, 1.165) is 9.79 Å². The number of hydrogen-bond acceptors (Lipinski definition) is 5. The minimum absolute atomic E-state index is 0.216. The molecule has 4 nitrogen and oxygen atoms in total. The summed E-state index contributed by atoms with van der Waals surface area (Å²) in [7, 11) is 1.51. The van der Waals surface area contributed by atoms with Crippen molar-refractivity contribution in [2.45, 2.75) is 22.6 Å². The Bertz CT molecular complexity index is 773. The molecule has 0 fully saturated rings. The van der Waals surface area contributed by atoms with Crippen LogP contribution >= 0.6 is 23.4 Å². The topological polar surface area (TPSA) is 59.3 Å². The lowest BCUT2D eigenvalue weighted by Crippen LogP contribution is -2.15. The van der Waals surface area contributed by atoms with E-state index in [9.17, 15) is 10.1 Å². The molecular weight excluding hydrogens is 346 g/mol. The smallest absolute Gasteiger partial charge is 0.328 e. The minimum Gasteiger partial charge on any atom is -0.495 e. The molecule has 6 heteroatoms. The Balaban J connectivity index is 2.43. The van der Waals surface area contributed by atoms with Crippen LogP contribution in [0.5, 0.6) is 5.75 Å². The van der Waals surface area contributed by atoms with Crippen molar-refractivity contribution in [1.29, 1.82) is 5.26 Å². The number of esters is 1. The second kappa shape index (κ2) is 8.62. The lowest BCUT2D eigenvalue weighted by Gasteiger charge is -2.16. The van der Waals surface area contributed by atoms with E-state index in [1.54, 1.807) is 25.1 Å². The van der Waals surface area contributed by atoms with E-state index in [2.05, 4.69) is 0 Å². The molecule has 0 radical (unpaired) electrons. The number of para-hydroxylation sites is 1. The Kier molecular flexibility index (Phi) is 6.53. The number of carbonyl (C=O) groups is 1. The van der Waals surface area contributed by atoms with Crippen LogP contribution in [0.3, 0.4) is 0 Å². The summed E-state index contributed by atoms with van der Waals surface area (Å²) < 4.78 is 10.5. The third-order valence-corrected chi connectivity index (χ3v) is 4.79. The number of methoxy groups -OCH3 is 1. The Labute approximate surface area is 150 Å². The second-order valence-electron chi connectivity index (χ2n) is 4.73. The zero-order valence-electron chi connectivity index (χ0n) is 13.3. The summed E-state index contributed by atoms with van der Waals surface area (Å²) in [6.07, 6.45) is 0. The normalized spacial score (nSPS) is 11.4. The zero-order valence-corrected chi connectivity index (χ0v) is 14.9. The van der Waals surface area contributed by atoms with Gasteiger partial charge in [0.15, 0.2) is 5.92 Å². The fourth-order valence-electron chi connectivity index (χ4n) is 2.18. The molecule has 2 rings (SSSR count). The molecule has 0 aliphatic heterocycles. The SMILES string of the molecule is CCOC(=O)C(C#N)c1cccc(Sc2ccccc2Cl)c1OC. The van der Waals surface area contributed by atoms with E-state index in [-0.39, 0.29) is 6.61 Å². The van der Waals surface area contributed by atoms with Crippen LogP contribution in [0.4, 0.5) is 0 Å². The van der Waals surface area contributed by atoms with E-state index in [0.29, 0.717) is 16.3 Å². The van der Waals surface area contributed by atoms with Crippen molar-refractivity contribution in [1.82, 2.24) is 0 Å². The Morgan fingerprint density at radius 3 is 2.58 bits per heavy atom. The van der Waals surface area contributed by atoms with Gasteiger partial charge in [0.25, 0.3) is 0 Å². The zero-order chi connectivity index (χ0) is 17.5. The number of benzene rings is 2. The first-order chi connectivity index (χ1) is 11.6. The van der Waals surface area contributed by atoms with Crippen LogP contribution in [0.2, 0.25) is 5.02 Å². The highest BCUT2D eigenvalue weighted by Crippen LogP contribution is 2.41. The maximum absolute atomic E-state index is 12.0. The summed E-state index contributed by atoms with van der Waals surface area (Å²) in [6, 6.07) is 14.8. The van der Waals surface area contributed by atoms with Crippen molar-refractivity contribution in [3.63, 3.8) is 0 Å². The average Bonchev–Trinajstić information content (AvgIpc) is 2.58. The number of halogens is 1. The fraction of sp³-hybridized carbons (Fsp3) is 0.222. The number of ether oxygens (including phenoxy) is 2. The molecule has 0 N–H and O–H groups in total. The van der Waals surface area contributed by atoms with Gasteiger partial charge >= 0.3 is 5.97 Å². The van der Waals surface area contributed by atoms with Crippen molar-refractivity contribution >= 4 is 29.3 Å². The molecule has 2 aromatic rings. The predicted molar refractivity (Wildman–Crippen MR) is 93.6 cm³/mol. The van der Waals surface area contributed by atoms with Crippen LogP contribution in [-0.2, 0) is 9.53 Å². The first-order valence-electron chi connectivity index (χ1n) is 7.27. The molecule has 0 spiro atoms. The van der Waals surface area contributed by atoms with E-state index in [1.807, 2.05) is 30.3 Å². The Morgan fingerprint density at radius 2 is 1.96 bits per heavy atom. The van der Waals surface area contributed by atoms with Crippen LogP contribution in [0.15, 0.2) is 52.3 Å². The van der Waals surface area contributed by atoms with Crippen molar-refractivity contribution in [2.24, 2.45) is 0 Å². The molecule has 0 saturated carbocycles. The summed E-state index contributed by atoms with van der Waals surface area (Å²) >= 11 is 7.62.